The maximum absolute atomic E-state index is 11.7. The van der Waals surface area contributed by atoms with Crippen LogP contribution in [0, 0.1) is 6.92 Å². The number of aromatic nitrogens is 1. The van der Waals surface area contributed by atoms with Crippen molar-refractivity contribution in [1.29, 1.82) is 0 Å². The summed E-state index contributed by atoms with van der Waals surface area (Å²) in [7, 11) is 0. The van der Waals surface area contributed by atoms with Crippen molar-refractivity contribution < 1.29 is 14.6 Å². The minimum Gasteiger partial charge on any atom is -0.512 e. The summed E-state index contributed by atoms with van der Waals surface area (Å²) in [5, 5.41) is 10.1. The van der Waals surface area contributed by atoms with Gasteiger partial charge in [0.25, 0.3) is 0 Å². The fourth-order valence-corrected chi connectivity index (χ4v) is 2.61. The Morgan fingerprint density at radius 1 is 1.52 bits per heavy atom. The summed E-state index contributed by atoms with van der Waals surface area (Å²) in [5.74, 6) is -0.729. The third kappa shape index (κ3) is 3.66. The van der Waals surface area contributed by atoms with Crippen molar-refractivity contribution >= 4 is 38.9 Å². The quantitative estimate of drug-likeness (QED) is 0.404. The van der Waals surface area contributed by atoms with Gasteiger partial charge in [-0.25, -0.2) is 14.8 Å². The molecule has 21 heavy (non-hydrogen) atoms. The van der Waals surface area contributed by atoms with Gasteiger partial charge >= 0.3 is 5.97 Å². The number of benzene rings is 1. The first-order valence-corrected chi connectivity index (χ1v) is 7.31. The number of carbonyl (C=O) groups is 1. The Morgan fingerprint density at radius 3 is 2.95 bits per heavy atom. The van der Waals surface area contributed by atoms with Gasteiger partial charge in [0.2, 0.25) is 5.13 Å². The molecule has 0 aliphatic rings. The van der Waals surface area contributed by atoms with Crippen molar-refractivity contribution in [2.45, 2.75) is 20.8 Å². The zero-order chi connectivity index (χ0) is 15.4. The molecule has 2 aromatic rings. The van der Waals surface area contributed by atoms with Crippen molar-refractivity contribution in [2.24, 2.45) is 4.99 Å². The number of nitrogens with zero attached hydrogens (tertiary/aromatic N) is 2. The highest BCUT2D eigenvalue weighted by molar-refractivity contribution is 7.22. The lowest BCUT2D eigenvalue weighted by Crippen LogP contribution is -2.10. The fraction of sp³-hybridized carbons (Fsp3) is 0.267. The number of hydrogen-bond donors (Lipinski definition) is 1. The van der Waals surface area contributed by atoms with Gasteiger partial charge in [0.15, 0.2) is 0 Å². The largest absolute Gasteiger partial charge is 0.512 e. The zero-order valence-corrected chi connectivity index (χ0v) is 12.9. The molecule has 110 valence electrons. The first kappa shape index (κ1) is 15.2. The third-order valence-electron chi connectivity index (χ3n) is 2.72. The molecule has 0 aliphatic carbocycles. The molecule has 6 heteroatoms. The number of esters is 1. The van der Waals surface area contributed by atoms with Crippen molar-refractivity contribution in [3.63, 3.8) is 0 Å². The van der Waals surface area contributed by atoms with E-state index in [9.17, 15) is 9.90 Å². The van der Waals surface area contributed by atoms with Crippen LogP contribution < -0.4 is 0 Å². The number of aliphatic imine (C=N–C) groups is 1. The number of thiazole rings is 1. The second-order valence-electron chi connectivity index (χ2n) is 4.45. The van der Waals surface area contributed by atoms with E-state index in [4.69, 9.17) is 4.74 Å². The molecule has 0 saturated carbocycles. The molecular formula is C15H16N2O3S. The molecule has 5 nitrogen and oxygen atoms in total. The molecule has 2 rings (SSSR count). The number of ether oxygens (including phenoxy) is 1. The number of fused-ring (bicyclic) bond motifs is 1. The van der Waals surface area contributed by atoms with Crippen molar-refractivity contribution in [2.75, 3.05) is 6.61 Å². The van der Waals surface area contributed by atoms with Crippen LogP contribution in [0.5, 0.6) is 0 Å². The lowest BCUT2D eigenvalue weighted by molar-refractivity contribution is -0.138. The maximum Gasteiger partial charge on any atom is 0.343 e. The average molecular weight is 304 g/mol. The van der Waals surface area contributed by atoms with Gasteiger partial charge in [-0.2, -0.15) is 0 Å². The van der Waals surface area contributed by atoms with Gasteiger partial charge in [-0.3, -0.25) is 0 Å². The van der Waals surface area contributed by atoms with E-state index in [1.165, 1.54) is 24.5 Å². The van der Waals surface area contributed by atoms with Gasteiger partial charge in [0, 0.05) is 6.21 Å². The SMILES string of the molecule is CCOC(=O)C(/C=N/c1nc2ccc(C)cc2s1)=C(\C)O. The number of aliphatic hydroxyl groups is 1. The van der Waals surface area contributed by atoms with Gasteiger partial charge in [-0.1, -0.05) is 17.4 Å². The fourth-order valence-electron chi connectivity index (χ4n) is 1.70. The zero-order valence-electron chi connectivity index (χ0n) is 12.1. The van der Waals surface area contributed by atoms with E-state index in [0.717, 1.165) is 15.8 Å². The highest BCUT2D eigenvalue weighted by Gasteiger charge is 2.12. The smallest absolute Gasteiger partial charge is 0.343 e. The van der Waals surface area contributed by atoms with E-state index in [0.29, 0.717) is 5.13 Å². The van der Waals surface area contributed by atoms with Gasteiger partial charge in [-0.15, -0.1) is 0 Å². The van der Waals surface area contributed by atoms with Crippen LogP contribution in [-0.4, -0.2) is 28.9 Å². The predicted octanol–water partition coefficient (Wildman–Crippen LogP) is 3.70. The third-order valence-corrected chi connectivity index (χ3v) is 3.65. The van der Waals surface area contributed by atoms with Gasteiger partial charge in [0.1, 0.15) is 11.3 Å². The summed E-state index contributed by atoms with van der Waals surface area (Å²) >= 11 is 1.42. The lowest BCUT2D eigenvalue weighted by atomic mass is 10.2. The number of rotatable bonds is 4. The number of aryl methyl sites for hydroxylation is 1. The molecule has 0 bridgehead atoms. The Bertz CT molecular complexity index is 728. The summed E-state index contributed by atoms with van der Waals surface area (Å²) in [5.41, 5.74) is 2.05. The highest BCUT2D eigenvalue weighted by atomic mass is 32.1. The van der Waals surface area contributed by atoms with Crippen LogP contribution in [0.25, 0.3) is 10.2 Å². The van der Waals surface area contributed by atoms with Crippen molar-refractivity contribution in [3.8, 4) is 0 Å². The second kappa shape index (κ2) is 6.49. The second-order valence-corrected chi connectivity index (χ2v) is 5.45. The molecular weight excluding hydrogens is 288 g/mol. The van der Waals surface area contributed by atoms with E-state index >= 15 is 0 Å². The molecule has 0 saturated heterocycles. The highest BCUT2D eigenvalue weighted by Crippen LogP contribution is 2.28. The Kier molecular flexibility index (Phi) is 4.70. The molecule has 1 N–H and O–H groups in total. The van der Waals surface area contributed by atoms with E-state index in [1.54, 1.807) is 6.92 Å². The molecule has 0 spiro atoms. The molecule has 1 aromatic carbocycles. The van der Waals surface area contributed by atoms with Crippen LogP contribution >= 0.6 is 11.3 Å². The number of hydrogen-bond acceptors (Lipinski definition) is 6. The van der Waals surface area contributed by atoms with Crippen LogP contribution in [-0.2, 0) is 9.53 Å². The molecule has 1 aromatic heterocycles. The van der Waals surface area contributed by atoms with Gasteiger partial charge < -0.3 is 9.84 Å². The standard InChI is InChI=1S/C15H16N2O3S/c1-4-20-14(19)11(10(3)18)8-16-15-17-12-6-5-9(2)7-13(12)21-15/h5-8,18H,4H2,1-3H3/b11-10+,16-8+. The minimum absolute atomic E-state index is 0.0345. The van der Waals surface area contributed by atoms with Crippen LogP contribution in [0.2, 0.25) is 0 Å². The van der Waals surface area contributed by atoms with Crippen LogP contribution in [0.1, 0.15) is 19.4 Å². The number of carbonyl (C=O) groups excluding carboxylic acids is 1. The number of aliphatic hydroxyl groups excluding tert-OH is 1. The normalized spacial score (nSPS) is 12.7. The Labute approximate surface area is 126 Å². The molecule has 0 unspecified atom stereocenters. The van der Waals surface area contributed by atoms with Gasteiger partial charge in [-0.05, 0) is 38.5 Å². The van der Waals surface area contributed by atoms with Crippen LogP contribution in [0.15, 0.2) is 34.5 Å². The summed E-state index contributed by atoms with van der Waals surface area (Å²) in [6.45, 7) is 5.37. The topological polar surface area (TPSA) is 71.8 Å². The van der Waals surface area contributed by atoms with Crippen LogP contribution in [0.3, 0.4) is 0 Å². The minimum atomic E-state index is -0.599. The Hall–Kier alpha value is -2.21. The summed E-state index contributed by atoms with van der Waals surface area (Å²) in [6, 6.07) is 5.95. The van der Waals surface area contributed by atoms with E-state index in [-0.39, 0.29) is 17.9 Å². The summed E-state index contributed by atoms with van der Waals surface area (Å²) < 4.78 is 5.90. The summed E-state index contributed by atoms with van der Waals surface area (Å²) in [6.07, 6.45) is 1.29. The van der Waals surface area contributed by atoms with Crippen molar-refractivity contribution in [1.82, 2.24) is 4.98 Å². The number of allylic oxidation sites excluding steroid dienone is 1. The van der Waals surface area contributed by atoms with Gasteiger partial charge in [0.05, 0.1) is 16.8 Å². The predicted molar refractivity (Wildman–Crippen MR) is 84.5 cm³/mol. The van der Waals surface area contributed by atoms with E-state index < -0.39 is 5.97 Å². The molecule has 0 amide bonds. The monoisotopic (exact) mass is 304 g/mol. The molecule has 1 heterocycles. The van der Waals surface area contributed by atoms with E-state index in [2.05, 4.69) is 9.98 Å². The summed E-state index contributed by atoms with van der Waals surface area (Å²) in [4.78, 5) is 20.2. The molecule has 0 fully saturated rings. The van der Waals surface area contributed by atoms with Crippen molar-refractivity contribution in [3.05, 3.63) is 35.1 Å². The van der Waals surface area contributed by atoms with Crippen LogP contribution in [0.4, 0.5) is 5.13 Å². The molecule has 0 atom stereocenters. The molecule has 0 aliphatic heterocycles. The van der Waals surface area contributed by atoms with E-state index in [1.807, 2.05) is 25.1 Å². The Morgan fingerprint density at radius 2 is 2.29 bits per heavy atom. The lowest BCUT2D eigenvalue weighted by Gasteiger charge is -2.02. The first-order valence-electron chi connectivity index (χ1n) is 6.49. The maximum atomic E-state index is 11.7. The average Bonchev–Trinajstić information content (AvgIpc) is 2.80. The first-order chi connectivity index (χ1) is 10.0. The Balaban J connectivity index is 2.29. The molecule has 0 radical (unpaired) electrons.